The maximum atomic E-state index is 12.2. The van der Waals surface area contributed by atoms with Gasteiger partial charge in [0.1, 0.15) is 6.04 Å². The molecular weight excluding hydrogens is 296 g/mol. The van der Waals surface area contributed by atoms with E-state index in [4.69, 9.17) is 5.11 Å². The van der Waals surface area contributed by atoms with Gasteiger partial charge in [-0.15, -0.1) is 0 Å². The van der Waals surface area contributed by atoms with E-state index in [1.165, 1.54) is 6.07 Å². The van der Waals surface area contributed by atoms with Gasteiger partial charge in [0.05, 0.1) is 0 Å². The maximum absolute atomic E-state index is 12.2. The van der Waals surface area contributed by atoms with Gasteiger partial charge < -0.3 is 15.7 Å². The standard InChI is InChI=1S/C17H24N2O4/c1-3-5-9-14(17(22)23)19-16(21)13-8-6-7-12(11-13)15(20)18-10-4-2/h6-8,11,14H,3-5,9-10H2,1-2H3,(H,18,20)(H,19,21)(H,22,23)/t14-/m0/s1. The Kier molecular flexibility index (Phi) is 7.80. The van der Waals surface area contributed by atoms with Crippen molar-refractivity contribution in [3.05, 3.63) is 35.4 Å². The molecule has 0 fully saturated rings. The molecule has 6 heteroatoms. The maximum Gasteiger partial charge on any atom is 0.326 e. The summed E-state index contributed by atoms with van der Waals surface area (Å²) in [6.45, 7) is 4.47. The molecule has 0 saturated heterocycles. The van der Waals surface area contributed by atoms with Gasteiger partial charge in [-0.1, -0.05) is 32.8 Å². The van der Waals surface area contributed by atoms with Gasteiger partial charge in [-0.3, -0.25) is 9.59 Å². The van der Waals surface area contributed by atoms with Crippen LogP contribution in [0.5, 0.6) is 0 Å². The van der Waals surface area contributed by atoms with Gasteiger partial charge in [-0.2, -0.15) is 0 Å². The van der Waals surface area contributed by atoms with Gasteiger partial charge in [0.25, 0.3) is 11.8 Å². The fourth-order valence-corrected chi connectivity index (χ4v) is 2.05. The third-order valence-electron chi connectivity index (χ3n) is 3.37. The number of benzene rings is 1. The van der Waals surface area contributed by atoms with Gasteiger partial charge in [0, 0.05) is 17.7 Å². The number of nitrogens with one attached hydrogen (secondary N) is 2. The summed E-state index contributed by atoms with van der Waals surface area (Å²) in [4.78, 5) is 35.3. The first-order chi connectivity index (χ1) is 11.0. The summed E-state index contributed by atoms with van der Waals surface area (Å²) < 4.78 is 0. The van der Waals surface area contributed by atoms with Crippen LogP contribution in [0.2, 0.25) is 0 Å². The zero-order valence-corrected chi connectivity index (χ0v) is 13.6. The Morgan fingerprint density at radius 1 is 1.09 bits per heavy atom. The van der Waals surface area contributed by atoms with Crippen LogP contribution < -0.4 is 10.6 Å². The number of aliphatic carboxylic acids is 1. The molecule has 0 heterocycles. The fraction of sp³-hybridized carbons (Fsp3) is 0.471. The van der Waals surface area contributed by atoms with Crippen molar-refractivity contribution < 1.29 is 19.5 Å². The van der Waals surface area contributed by atoms with E-state index in [-0.39, 0.29) is 11.5 Å². The van der Waals surface area contributed by atoms with E-state index in [2.05, 4.69) is 10.6 Å². The summed E-state index contributed by atoms with van der Waals surface area (Å²) in [5.74, 6) is -1.79. The topological polar surface area (TPSA) is 95.5 Å². The van der Waals surface area contributed by atoms with Crippen LogP contribution in [0.25, 0.3) is 0 Å². The first kappa shape index (κ1) is 18.7. The number of rotatable bonds is 9. The van der Waals surface area contributed by atoms with E-state index < -0.39 is 17.9 Å². The zero-order valence-electron chi connectivity index (χ0n) is 13.6. The minimum Gasteiger partial charge on any atom is -0.480 e. The van der Waals surface area contributed by atoms with Crippen molar-refractivity contribution in [3.63, 3.8) is 0 Å². The number of carboxylic acids is 1. The second-order valence-corrected chi connectivity index (χ2v) is 5.34. The van der Waals surface area contributed by atoms with Crippen LogP contribution in [-0.4, -0.2) is 35.5 Å². The van der Waals surface area contributed by atoms with Crippen molar-refractivity contribution in [1.29, 1.82) is 0 Å². The van der Waals surface area contributed by atoms with E-state index in [1.54, 1.807) is 18.2 Å². The largest absolute Gasteiger partial charge is 0.480 e. The number of carbonyl (C=O) groups is 3. The second-order valence-electron chi connectivity index (χ2n) is 5.34. The van der Waals surface area contributed by atoms with Crippen molar-refractivity contribution in [2.75, 3.05) is 6.54 Å². The number of carboxylic acid groups (broad SMARTS) is 1. The third-order valence-corrected chi connectivity index (χ3v) is 3.37. The Labute approximate surface area is 136 Å². The normalized spacial score (nSPS) is 11.6. The van der Waals surface area contributed by atoms with E-state index in [1.807, 2.05) is 13.8 Å². The Balaban J connectivity index is 2.79. The Morgan fingerprint density at radius 2 is 1.74 bits per heavy atom. The molecule has 1 atom stereocenters. The van der Waals surface area contributed by atoms with Crippen LogP contribution in [0.4, 0.5) is 0 Å². The van der Waals surface area contributed by atoms with E-state index >= 15 is 0 Å². The number of amides is 2. The lowest BCUT2D eigenvalue weighted by Gasteiger charge is -2.14. The van der Waals surface area contributed by atoms with Crippen LogP contribution >= 0.6 is 0 Å². The molecule has 0 unspecified atom stereocenters. The van der Waals surface area contributed by atoms with Gasteiger partial charge in [-0.05, 0) is 31.0 Å². The summed E-state index contributed by atoms with van der Waals surface area (Å²) in [6.07, 6.45) is 2.78. The van der Waals surface area contributed by atoms with Gasteiger partial charge in [-0.25, -0.2) is 4.79 Å². The quantitative estimate of drug-likeness (QED) is 0.650. The number of unbranched alkanes of at least 4 members (excludes halogenated alkanes) is 1. The van der Waals surface area contributed by atoms with Gasteiger partial charge in [0.15, 0.2) is 0 Å². The number of hydrogen-bond acceptors (Lipinski definition) is 3. The molecular formula is C17H24N2O4. The van der Waals surface area contributed by atoms with Crippen LogP contribution in [-0.2, 0) is 4.79 Å². The Morgan fingerprint density at radius 3 is 2.30 bits per heavy atom. The summed E-state index contributed by atoms with van der Waals surface area (Å²) in [5.41, 5.74) is 0.656. The molecule has 2 amide bonds. The molecule has 23 heavy (non-hydrogen) atoms. The van der Waals surface area contributed by atoms with Gasteiger partial charge in [0.2, 0.25) is 0 Å². The Bertz CT molecular complexity index is 557. The van der Waals surface area contributed by atoms with Crippen molar-refractivity contribution >= 4 is 17.8 Å². The molecule has 1 aromatic rings. The molecule has 3 N–H and O–H groups in total. The highest BCUT2D eigenvalue weighted by molar-refractivity contribution is 6.00. The first-order valence-electron chi connectivity index (χ1n) is 7.91. The highest BCUT2D eigenvalue weighted by Gasteiger charge is 2.20. The van der Waals surface area contributed by atoms with E-state index in [0.717, 1.165) is 19.3 Å². The average molecular weight is 320 g/mol. The summed E-state index contributed by atoms with van der Waals surface area (Å²) in [6, 6.07) is 5.34. The predicted octanol–water partition coefficient (Wildman–Crippen LogP) is 2.20. The van der Waals surface area contributed by atoms with Crippen LogP contribution in [0.3, 0.4) is 0 Å². The number of carbonyl (C=O) groups excluding carboxylic acids is 2. The molecule has 0 bridgehead atoms. The van der Waals surface area contributed by atoms with Crippen molar-refractivity contribution in [2.45, 2.75) is 45.6 Å². The van der Waals surface area contributed by atoms with Crippen LogP contribution in [0.15, 0.2) is 24.3 Å². The zero-order chi connectivity index (χ0) is 17.2. The van der Waals surface area contributed by atoms with Gasteiger partial charge >= 0.3 is 5.97 Å². The van der Waals surface area contributed by atoms with E-state index in [9.17, 15) is 14.4 Å². The lowest BCUT2D eigenvalue weighted by Crippen LogP contribution is -2.40. The molecule has 1 aromatic carbocycles. The van der Waals surface area contributed by atoms with Crippen molar-refractivity contribution in [1.82, 2.24) is 10.6 Å². The molecule has 0 aliphatic carbocycles. The van der Waals surface area contributed by atoms with Crippen LogP contribution in [0, 0.1) is 0 Å². The molecule has 0 radical (unpaired) electrons. The lowest BCUT2D eigenvalue weighted by molar-refractivity contribution is -0.139. The average Bonchev–Trinajstić information content (AvgIpc) is 2.56. The minimum atomic E-state index is -1.05. The van der Waals surface area contributed by atoms with Crippen molar-refractivity contribution in [2.24, 2.45) is 0 Å². The predicted molar refractivity (Wildman–Crippen MR) is 87.5 cm³/mol. The molecule has 126 valence electrons. The van der Waals surface area contributed by atoms with Crippen LogP contribution in [0.1, 0.15) is 60.2 Å². The smallest absolute Gasteiger partial charge is 0.326 e. The number of hydrogen-bond donors (Lipinski definition) is 3. The molecule has 1 rings (SSSR count). The molecule has 6 nitrogen and oxygen atoms in total. The molecule has 0 aliphatic rings. The molecule has 0 saturated carbocycles. The molecule has 0 aliphatic heterocycles. The fourth-order valence-electron chi connectivity index (χ4n) is 2.05. The summed E-state index contributed by atoms with van der Waals surface area (Å²) in [5, 5.41) is 14.4. The SMILES string of the molecule is CCCC[C@H](NC(=O)c1cccc(C(=O)NCCC)c1)C(=O)O. The summed E-state index contributed by atoms with van der Waals surface area (Å²) >= 11 is 0. The summed E-state index contributed by atoms with van der Waals surface area (Å²) in [7, 11) is 0. The molecule has 0 spiro atoms. The first-order valence-corrected chi connectivity index (χ1v) is 7.91. The highest BCUT2D eigenvalue weighted by Crippen LogP contribution is 2.08. The van der Waals surface area contributed by atoms with Crippen molar-refractivity contribution in [3.8, 4) is 0 Å². The monoisotopic (exact) mass is 320 g/mol. The highest BCUT2D eigenvalue weighted by atomic mass is 16.4. The second kappa shape index (κ2) is 9.61. The minimum absolute atomic E-state index is 0.248. The Hall–Kier alpha value is -2.37. The third kappa shape index (κ3) is 6.10. The van der Waals surface area contributed by atoms with E-state index in [0.29, 0.717) is 18.5 Å². The lowest BCUT2D eigenvalue weighted by atomic mass is 10.1. The molecule has 0 aromatic heterocycles.